The van der Waals surface area contributed by atoms with Crippen LogP contribution in [0.5, 0.6) is 5.95 Å². The van der Waals surface area contributed by atoms with Crippen LogP contribution in [-0.4, -0.2) is 26.8 Å². The summed E-state index contributed by atoms with van der Waals surface area (Å²) in [5.41, 5.74) is -4.47. The predicted octanol–water partition coefficient (Wildman–Crippen LogP) is 4.61. The molecule has 0 amide bonds. The van der Waals surface area contributed by atoms with E-state index in [0.29, 0.717) is 5.95 Å². The van der Waals surface area contributed by atoms with E-state index in [1.807, 2.05) is 19.1 Å². The lowest BCUT2D eigenvalue weighted by atomic mass is 10.2. The maximum Gasteiger partial charge on any atom is 0.496 e. The van der Waals surface area contributed by atoms with Crippen LogP contribution in [0, 0.1) is 13.8 Å². The molecule has 0 aliphatic rings. The number of rotatable bonds is 2. The van der Waals surface area contributed by atoms with Crippen molar-refractivity contribution >= 4 is 18.4 Å². The molecule has 0 radical (unpaired) electrons. The summed E-state index contributed by atoms with van der Waals surface area (Å²) in [6.45, 7) is 15.1. The Hall–Kier alpha value is -1.13. The summed E-state index contributed by atoms with van der Waals surface area (Å²) in [7, 11) is -7.88. The molecule has 0 aliphatic heterocycles. The minimum atomic E-state index is -6.09. The van der Waals surface area contributed by atoms with Gasteiger partial charge in [-0.3, -0.25) is 4.42 Å². The average molecular weight is 388 g/mol. The molecule has 0 atom stereocenters. The van der Waals surface area contributed by atoms with Crippen molar-refractivity contribution in [3.63, 3.8) is 0 Å². The summed E-state index contributed by atoms with van der Waals surface area (Å²) in [6, 6.07) is 3.98. The second-order valence-electron chi connectivity index (χ2n) is 6.83. The van der Waals surface area contributed by atoms with Crippen molar-refractivity contribution in [3.05, 3.63) is 23.5 Å². The van der Waals surface area contributed by atoms with Gasteiger partial charge in [0, 0.05) is 18.0 Å². The standard InChI is InChI=1S/C13H23O2Si.CHF3O3S/c1-10-8-11(2)14-12(9-10)15-16(6,7)13(3,4)5;2-1(3,4)8(5,6)7/h8-9H,1-7H3;(H,5,6,7)/q+1;/p-1. The highest BCUT2D eigenvalue weighted by atomic mass is 32.2. The van der Waals surface area contributed by atoms with Gasteiger partial charge < -0.3 is 8.98 Å². The van der Waals surface area contributed by atoms with E-state index in [1.165, 1.54) is 5.56 Å². The van der Waals surface area contributed by atoms with Crippen LogP contribution < -0.4 is 4.43 Å². The van der Waals surface area contributed by atoms with Crippen molar-refractivity contribution in [2.24, 2.45) is 0 Å². The molecule has 5 nitrogen and oxygen atoms in total. The maximum absolute atomic E-state index is 10.7. The molecule has 0 N–H and O–H groups in total. The van der Waals surface area contributed by atoms with Crippen LogP contribution in [0.25, 0.3) is 0 Å². The molecule has 0 bridgehead atoms. The van der Waals surface area contributed by atoms with E-state index in [4.69, 9.17) is 21.8 Å². The highest BCUT2D eigenvalue weighted by molar-refractivity contribution is 7.86. The Morgan fingerprint density at radius 2 is 1.54 bits per heavy atom. The second kappa shape index (κ2) is 7.40. The van der Waals surface area contributed by atoms with Gasteiger partial charge in [-0.25, -0.2) is 8.42 Å². The summed E-state index contributed by atoms with van der Waals surface area (Å²) in [4.78, 5) is 0. The van der Waals surface area contributed by atoms with Crippen LogP contribution in [0.4, 0.5) is 13.2 Å². The van der Waals surface area contributed by atoms with E-state index in [2.05, 4.69) is 40.8 Å². The summed E-state index contributed by atoms with van der Waals surface area (Å²) in [6.07, 6.45) is 0. The fourth-order valence-electron chi connectivity index (χ4n) is 1.22. The average Bonchev–Trinajstić information content (AvgIpc) is 2.22. The minimum absolute atomic E-state index is 0.195. The first kappa shape index (κ1) is 22.9. The number of aryl methyl sites for hydroxylation is 2. The third-order valence-electron chi connectivity index (χ3n) is 3.48. The quantitative estimate of drug-likeness (QED) is 0.320. The lowest BCUT2D eigenvalue weighted by Gasteiger charge is -2.28. The molecule has 0 saturated carbocycles. The Morgan fingerprint density at radius 1 is 1.12 bits per heavy atom. The molecule has 10 heteroatoms. The minimum Gasteiger partial charge on any atom is -0.741 e. The van der Waals surface area contributed by atoms with Crippen LogP contribution in [0.15, 0.2) is 16.5 Å². The van der Waals surface area contributed by atoms with Crippen LogP contribution in [0.2, 0.25) is 18.1 Å². The maximum atomic E-state index is 10.7. The molecule has 140 valence electrons. The van der Waals surface area contributed by atoms with E-state index >= 15 is 0 Å². The van der Waals surface area contributed by atoms with Crippen LogP contribution in [-0.2, 0) is 10.1 Å². The molecule has 0 fully saturated rings. The summed E-state index contributed by atoms with van der Waals surface area (Å²) in [5.74, 6) is 1.55. The summed E-state index contributed by atoms with van der Waals surface area (Å²) >= 11 is 0. The van der Waals surface area contributed by atoms with Crippen molar-refractivity contribution in [1.29, 1.82) is 0 Å². The van der Waals surface area contributed by atoms with Crippen molar-refractivity contribution in [2.45, 2.75) is 58.3 Å². The molecule has 24 heavy (non-hydrogen) atoms. The van der Waals surface area contributed by atoms with Crippen molar-refractivity contribution in [3.8, 4) is 5.95 Å². The van der Waals surface area contributed by atoms with E-state index < -0.39 is 23.9 Å². The number of hydrogen-bond donors (Lipinski definition) is 0. The lowest BCUT2D eigenvalue weighted by molar-refractivity contribution is -0.0517. The third-order valence-corrected chi connectivity index (χ3v) is 8.37. The Kier molecular flexibility index (Phi) is 7.05. The molecule has 0 aromatic carbocycles. The summed E-state index contributed by atoms with van der Waals surface area (Å²) in [5, 5.41) is 0.195. The fourth-order valence-corrected chi connectivity index (χ4v) is 2.13. The normalized spacial score (nSPS) is 13.1. The van der Waals surface area contributed by atoms with E-state index in [-0.39, 0.29) is 5.04 Å². The van der Waals surface area contributed by atoms with Gasteiger partial charge in [-0.1, -0.05) is 20.8 Å². The molecule has 1 aromatic heterocycles. The second-order valence-corrected chi connectivity index (χ2v) is 12.9. The highest BCUT2D eigenvalue weighted by Gasteiger charge is 2.47. The largest absolute Gasteiger partial charge is 0.741 e. The SMILES string of the molecule is Cc1cc(C)[o+]c(O[Si](C)(C)C(C)(C)C)c1.O=S(=O)([O-])C(F)(F)F. The van der Waals surface area contributed by atoms with Gasteiger partial charge in [-0.05, 0) is 25.6 Å². The molecule has 1 aromatic rings. The topological polar surface area (TPSA) is 77.7 Å². The Bertz CT molecular complexity index is 644. The smallest absolute Gasteiger partial charge is 0.496 e. The van der Waals surface area contributed by atoms with Gasteiger partial charge in [0.1, 0.15) is 0 Å². The molecular weight excluding hydrogens is 365 g/mol. The highest BCUT2D eigenvalue weighted by Crippen LogP contribution is 2.37. The van der Waals surface area contributed by atoms with E-state index in [0.717, 1.165) is 5.76 Å². The Balaban J connectivity index is 0.000000561. The molecule has 1 rings (SSSR count). The van der Waals surface area contributed by atoms with Gasteiger partial charge in [0.05, 0.1) is 6.07 Å². The van der Waals surface area contributed by atoms with Crippen LogP contribution >= 0.6 is 0 Å². The van der Waals surface area contributed by atoms with Gasteiger partial charge in [0.25, 0.3) is 0 Å². The summed E-state index contributed by atoms with van der Waals surface area (Å²) < 4.78 is 70.6. The zero-order valence-electron chi connectivity index (χ0n) is 14.7. The van der Waals surface area contributed by atoms with Crippen LogP contribution in [0.1, 0.15) is 32.1 Å². The monoisotopic (exact) mass is 388 g/mol. The van der Waals surface area contributed by atoms with Gasteiger partial charge in [-0.2, -0.15) is 13.2 Å². The molecule has 0 saturated heterocycles. The molecule has 0 unspecified atom stereocenters. The van der Waals surface area contributed by atoms with Gasteiger partial charge in [0.2, 0.25) is 5.76 Å². The first-order valence-corrected chi connectivity index (χ1v) is 11.3. The molecular formula is C14H23F3O5SSi. The van der Waals surface area contributed by atoms with Crippen molar-refractivity contribution in [2.75, 3.05) is 0 Å². The zero-order chi connectivity index (χ0) is 19.6. The number of halogens is 3. The lowest BCUT2D eigenvalue weighted by Crippen LogP contribution is -2.43. The predicted molar refractivity (Wildman–Crippen MR) is 86.2 cm³/mol. The number of hydrogen-bond acceptors (Lipinski definition) is 4. The number of alkyl halides is 3. The van der Waals surface area contributed by atoms with Crippen molar-refractivity contribution in [1.82, 2.24) is 0 Å². The fraction of sp³-hybridized carbons (Fsp3) is 0.643. The molecule has 1 heterocycles. The van der Waals surface area contributed by atoms with Gasteiger partial charge in [0.15, 0.2) is 10.1 Å². The first-order valence-electron chi connectivity index (χ1n) is 6.99. The Morgan fingerprint density at radius 3 is 1.83 bits per heavy atom. The van der Waals surface area contributed by atoms with Gasteiger partial charge >= 0.3 is 19.8 Å². The Labute approximate surface area is 141 Å². The zero-order valence-corrected chi connectivity index (χ0v) is 16.6. The molecule has 0 spiro atoms. The van der Waals surface area contributed by atoms with Gasteiger partial charge in [-0.15, -0.1) is 0 Å². The third kappa shape index (κ3) is 7.18. The van der Waals surface area contributed by atoms with E-state index in [1.54, 1.807) is 0 Å². The van der Waals surface area contributed by atoms with Crippen LogP contribution in [0.3, 0.4) is 0 Å². The van der Waals surface area contributed by atoms with E-state index in [9.17, 15) is 13.2 Å². The first-order chi connectivity index (χ1) is 10.4. The molecule has 0 aliphatic carbocycles. The van der Waals surface area contributed by atoms with Crippen molar-refractivity contribution < 1.29 is 35.0 Å².